The van der Waals surface area contributed by atoms with Gasteiger partial charge in [0.25, 0.3) is 0 Å². The van der Waals surface area contributed by atoms with Crippen molar-refractivity contribution >= 4 is 0 Å². The fourth-order valence-electron chi connectivity index (χ4n) is 2.85. The molecule has 26 heavy (non-hydrogen) atoms. The molecule has 0 aliphatic heterocycles. The molecule has 4 nitrogen and oxygen atoms in total. The van der Waals surface area contributed by atoms with Crippen LogP contribution in [0.15, 0.2) is 47.0 Å². The summed E-state index contributed by atoms with van der Waals surface area (Å²) in [6, 6.07) is 10.4. The summed E-state index contributed by atoms with van der Waals surface area (Å²) in [6.45, 7) is 6.56. The van der Waals surface area contributed by atoms with Crippen LogP contribution in [0.2, 0.25) is 0 Å². The van der Waals surface area contributed by atoms with Crippen molar-refractivity contribution in [2.45, 2.75) is 39.5 Å². The monoisotopic (exact) mass is 363 g/mol. The van der Waals surface area contributed by atoms with Gasteiger partial charge in [-0.05, 0) is 50.6 Å². The minimum Gasteiger partial charge on any atom is -0.466 e. The van der Waals surface area contributed by atoms with E-state index in [0.717, 1.165) is 28.7 Å². The van der Waals surface area contributed by atoms with E-state index in [1.165, 1.54) is 10.9 Å². The number of benzene rings is 1. The highest BCUT2D eigenvalue weighted by molar-refractivity contribution is 5.34. The molecule has 0 amide bonds. The molecule has 3 rings (SSSR count). The molecular weight excluding hydrogens is 343 g/mol. The number of alkyl halides is 3. The number of nitrogens with one attached hydrogen (secondary N) is 1. The quantitative estimate of drug-likeness (QED) is 0.697. The number of aryl methyl sites for hydroxylation is 2. The van der Waals surface area contributed by atoms with Crippen LogP contribution in [0.5, 0.6) is 0 Å². The number of hydrogen-bond acceptors (Lipinski definition) is 3. The smallest absolute Gasteiger partial charge is 0.435 e. The van der Waals surface area contributed by atoms with Gasteiger partial charge >= 0.3 is 6.18 Å². The van der Waals surface area contributed by atoms with Crippen LogP contribution in [-0.2, 0) is 12.7 Å². The van der Waals surface area contributed by atoms with Crippen LogP contribution in [-0.4, -0.2) is 9.78 Å². The first-order valence-corrected chi connectivity index (χ1v) is 8.26. The summed E-state index contributed by atoms with van der Waals surface area (Å²) in [5.74, 6) is 1.78. The molecule has 1 atom stereocenters. The molecule has 0 unspecified atom stereocenters. The van der Waals surface area contributed by atoms with Crippen LogP contribution in [0.25, 0.3) is 5.69 Å². The van der Waals surface area contributed by atoms with Crippen LogP contribution in [0.1, 0.15) is 41.3 Å². The van der Waals surface area contributed by atoms with Crippen molar-refractivity contribution in [2.75, 3.05) is 0 Å². The third-order valence-electron chi connectivity index (χ3n) is 4.24. The molecule has 3 aromatic rings. The minimum atomic E-state index is -4.44. The van der Waals surface area contributed by atoms with Gasteiger partial charge in [-0.15, -0.1) is 0 Å². The molecule has 0 radical (unpaired) electrons. The second-order valence-electron chi connectivity index (χ2n) is 6.28. The zero-order valence-corrected chi connectivity index (χ0v) is 14.8. The van der Waals surface area contributed by atoms with Gasteiger partial charge in [0.15, 0.2) is 5.69 Å². The first-order chi connectivity index (χ1) is 12.2. The topological polar surface area (TPSA) is 43.0 Å². The third kappa shape index (κ3) is 3.99. The predicted octanol–water partition coefficient (Wildman–Crippen LogP) is 4.95. The van der Waals surface area contributed by atoms with Crippen molar-refractivity contribution in [3.8, 4) is 5.69 Å². The number of halogens is 3. The summed E-state index contributed by atoms with van der Waals surface area (Å²) in [5, 5.41) is 6.99. The maximum absolute atomic E-state index is 12.6. The van der Waals surface area contributed by atoms with Gasteiger partial charge in [0, 0.05) is 24.3 Å². The highest BCUT2D eigenvalue weighted by Crippen LogP contribution is 2.28. The fourth-order valence-corrected chi connectivity index (χ4v) is 2.85. The first kappa shape index (κ1) is 18.3. The standard InChI is InChI=1S/C19H20F3N3O/c1-12-10-17(14(3)26-12)13(2)23-11-15-4-6-16(7-5-15)25-9-8-18(24-25)19(20,21)22/h4-10,13,23H,11H2,1-3H3/t13-/m1/s1. The van der Waals surface area contributed by atoms with Gasteiger partial charge < -0.3 is 9.73 Å². The van der Waals surface area contributed by atoms with E-state index >= 15 is 0 Å². The van der Waals surface area contributed by atoms with E-state index in [4.69, 9.17) is 4.42 Å². The van der Waals surface area contributed by atoms with Gasteiger partial charge in [0.1, 0.15) is 11.5 Å². The van der Waals surface area contributed by atoms with Gasteiger partial charge in [0.05, 0.1) is 5.69 Å². The highest BCUT2D eigenvalue weighted by Gasteiger charge is 2.33. The third-order valence-corrected chi connectivity index (χ3v) is 4.24. The van der Waals surface area contributed by atoms with E-state index in [1.54, 1.807) is 12.1 Å². The highest BCUT2D eigenvalue weighted by atomic mass is 19.4. The molecule has 0 spiro atoms. The number of nitrogens with zero attached hydrogens (tertiary/aromatic N) is 2. The van der Waals surface area contributed by atoms with E-state index in [1.807, 2.05) is 32.0 Å². The summed E-state index contributed by atoms with van der Waals surface area (Å²) < 4.78 is 44.7. The van der Waals surface area contributed by atoms with Crippen molar-refractivity contribution in [3.05, 3.63) is 70.9 Å². The molecule has 138 valence electrons. The normalized spacial score (nSPS) is 13.2. The Labute approximate surface area is 149 Å². The Hall–Kier alpha value is -2.54. The number of rotatable bonds is 5. The Balaban J connectivity index is 1.64. The van der Waals surface area contributed by atoms with Crippen molar-refractivity contribution in [1.82, 2.24) is 15.1 Å². The Morgan fingerprint density at radius 1 is 1.15 bits per heavy atom. The number of hydrogen-bond donors (Lipinski definition) is 1. The Morgan fingerprint density at radius 3 is 2.38 bits per heavy atom. The zero-order valence-electron chi connectivity index (χ0n) is 14.8. The predicted molar refractivity (Wildman–Crippen MR) is 92.0 cm³/mol. The van der Waals surface area contributed by atoms with Crippen LogP contribution in [0.4, 0.5) is 13.2 Å². The molecule has 0 saturated heterocycles. The summed E-state index contributed by atoms with van der Waals surface area (Å²) in [7, 11) is 0. The van der Waals surface area contributed by atoms with E-state index in [9.17, 15) is 13.2 Å². The van der Waals surface area contributed by atoms with Crippen LogP contribution >= 0.6 is 0 Å². The van der Waals surface area contributed by atoms with Gasteiger partial charge in [-0.25, -0.2) is 4.68 Å². The van der Waals surface area contributed by atoms with E-state index < -0.39 is 11.9 Å². The van der Waals surface area contributed by atoms with Gasteiger partial charge in [-0.1, -0.05) is 12.1 Å². The average Bonchev–Trinajstić information content (AvgIpc) is 3.19. The lowest BCUT2D eigenvalue weighted by molar-refractivity contribution is -0.141. The van der Waals surface area contributed by atoms with Crippen LogP contribution in [0, 0.1) is 13.8 Å². The van der Waals surface area contributed by atoms with E-state index in [0.29, 0.717) is 12.2 Å². The van der Waals surface area contributed by atoms with Crippen molar-refractivity contribution < 1.29 is 17.6 Å². The average molecular weight is 363 g/mol. The molecule has 2 aromatic heterocycles. The molecule has 0 aliphatic carbocycles. The van der Waals surface area contributed by atoms with E-state index in [2.05, 4.69) is 17.3 Å². The van der Waals surface area contributed by atoms with Gasteiger partial charge in [0.2, 0.25) is 0 Å². The lowest BCUT2D eigenvalue weighted by Gasteiger charge is -2.13. The van der Waals surface area contributed by atoms with Crippen molar-refractivity contribution in [2.24, 2.45) is 0 Å². The second-order valence-corrected chi connectivity index (χ2v) is 6.28. The SMILES string of the molecule is Cc1cc([C@@H](C)NCc2ccc(-n3ccc(C(F)(F)F)n3)cc2)c(C)o1. The fraction of sp³-hybridized carbons (Fsp3) is 0.316. The maximum atomic E-state index is 12.6. The van der Waals surface area contributed by atoms with Crippen molar-refractivity contribution in [3.63, 3.8) is 0 Å². The maximum Gasteiger partial charge on any atom is 0.435 e. The molecule has 0 bridgehead atoms. The lowest BCUT2D eigenvalue weighted by atomic mass is 10.1. The summed E-state index contributed by atoms with van der Waals surface area (Å²) in [5.41, 5.74) is 1.83. The van der Waals surface area contributed by atoms with Gasteiger partial charge in [-0.2, -0.15) is 18.3 Å². The summed E-state index contributed by atoms with van der Waals surface area (Å²) in [4.78, 5) is 0. The molecule has 1 aromatic carbocycles. The molecule has 1 N–H and O–H groups in total. The summed E-state index contributed by atoms with van der Waals surface area (Å²) in [6.07, 6.45) is -3.13. The summed E-state index contributed by atoms with van der Waals surface area (Å²) >= 11 is 0. The molecule has 0 fully saturated rings. The van der Waals surface area contributed by atoms with Crippen LogP contribution in [0.3, 0.4) is 0 Å². The Morgan fingerprint density at radius 2 is 1.85 bits per heavy atom. The minimum absolute atomic E-state index is 0.132. The number of furan rings is 1. The number of aromatic nitrogens is 2. The molecule has 7 heteroatoms. The van der Waals surface area contributed by atoms with E-state index in [-0.39, 0.29) is 6.04 Å². The molecule has 2 heterocycles. The molecule has 0 aliphatic rings. The zero-order chi connectivity index (χ0) is 18.9. The lowest BCUT2D eigenvalue weighted by Crippen LogP contribution is -2.18. The second kappa shape index (κ2) is 6.99. The first-order valence-electron chi connectivity index (χ1n) is 8.26. The van der Waals surface area contributed by atoms with Crippen LogP contribution < -0.4 is 5.32 Å². The molecule has 0 saturated carbocycles. The van der Waals surface area contributed by atoms with Gasteiger partial charge in [-0.3, -0.25) is 0 Å². The molecular formula is C19H20F3N3O. The Kier molecular flexibility index (Phi) is 4.91. The Bertz CT molecular complexity index is 878. The van der Waals surface area contributed by atoms with Crippen molar-refractivity contribution in [1.29, 1.82) is 0 Å². The largest absolute Gasteiger partial charge is 0.466 e.